The average molecular weight is 261 g/mol. The first-order valence-electron chi connectivity index (χ1n) is 5.61. The minimum absolute atomic E-state index is 0.104. The number of nitrogens with zero attached hydrogens (tertiary/aromatic N) is 4. The second-order valence-corrected chi connectivity index (χ2v) is 3.76. The summed E-state index contributed by atoms with van der Waals surface area (Å²) in [6.45, 7) is 1.95. The van der Waals surface area contributed by atoms with Gasteiger partial charge in [0.2, 0.25) is 11.9 Å². The molecule has 0 saturated carbocycles. The van der Waals surface area contributed by atoms with Crippen LogP contribution in [-0.4, -0.2) is 48.6 Å². The van der Waals surface area contributed by atoms with Crippen LogP contribution in [0.25, 0.3) is 0 Å². The predicted molar refractivity (Wildman–Crippen MR) is 64.4 cm³/mol. The second-order valence-electron chi connectivity index (χ2n) is 3.76. The largest absolute Gasteiger partial charge is 0.457 e. The van der Waals surface area contributed by atoms with Gasteiger partial charge >= 0.3 is 6.01 Å². The highest BCUT2D eigenvalue weighted by atomic mass is 19.3. The van der Waals surface area contributed by atoms with Gasteiger partial charge in [0.15, 0.2) is 6.61 Å². The van der Waals surface area contributed by atoms with Crippen LogP contribution in [0.15, 0.2) is 0 Å². The van der Waals surface area contributed by atoms with E-state index in [9.17, 15) is 8.78 Å². The topological polar surface area (TPSA) is 63.2 Å². The van der Waals surface area contributed by atoms with E-state index < -0.39 is 13.0 Å². The van der Waals surface area contributed by atoms with Gasteiger partial charge in [-0.15, -0.1) is 0 Å². The maximum absolute atomic E-state index is 12.1. The molecule has 0 radical (unpaired) electrons. The molecule has 1 heterocycles. The number of ether oxygens (including phenoxy) is 1. The summed E-state index contributed by atoms with van der Waals surface area (Å²) in [5.74, 6) is 0.674. The quantitative estimate of drug-likeness (QED) is 0.800. The van der Waals surface area contributed by atoms with Gasteiger partial charge in [-0.3, -0.25) is 0 Å². The molecular weight excluding hydrogens is 244 g/mol. The first-order chi connectivity index (χ1) is 8.52. The molecule has 0 spiro atoms. The maximum Gasteiger partial charge on any atom is 0.323 e. The highest BCUT2D eigenvalue weighted by Crippen LogP contribution is 2.13. The molecule has 0 saturated heterocycles. The Morgan fingerprint density at radius 1 is 1.28 bits per heavy atom. The van der Waals surface area contributed by atoms with Crippen LogP contribution in [0.2, 0.25) is 0 Å². The molecule has 0 aliphatic rings. The summed E-state index contributed by atoms with van der Waals surface area (Å²) in [6, 6.07) is -0.104. The van der Waals surface area contributed by atoms with Crippen molar-refractivity contribution in [2.75, 3.05) is 37.5 Å². The summed E-state index contributed by atoms with van der Waals surface area (Å²) in [5, 5.41) is 2.96. The average Bonchev–Trinajstić information content (AvgIpc) is 2.33. The minimum atomic E-state index is -2.56. The lowest BCUT2D eigenvalue weighted by molar-refractivity contribution is 0.0770. The summed E-state index contributed by atoms with van der Waals surface area (Å²) >= 11 is 0. The highest BCUT2D eigenvalue weighted by molar-refractivity contribution is 5.36. The van der Waals surface area contributed by atoms with Crippen molar-refractivity contribution >= 4 is 11.9 Å². The molecule has 0 amide bonds. The Kier molecular flexibility index (Phi) is 5.47. The molecule has 0 aliphatic carbocycles. The van der Waals surface area contributed by atoms with Crippen LogP contribution >= 0.6 is 0 Å². The number of halogens is 2. The van der Waals surface area contributed by atoms with E-state index in [1.807, 2.05) is 6.92 Å². The van der Waals surface area contributed by atoms with Gasteiger partial charge in [-0.1, -0.05) is 6.92 Å². The molecule has 0 aromatic carbocycles. The van der Waals surface area contributed by atoms with E-state index >= 15 is 0 Å². The molecule has 0 unspecified atom stereocenters. The molecule has 1 aromatic rings. The van der Waals surface area contributed by atoms with Crippen LogP contribution in [0, 0.1) is 0 Å². The molecule has 0 atom stereocenters. The van der Waals surface area contributed by atoms with Crippen LogP contribution in [0.3, 0.4) is 0 Å². The number of hydrogen-bond donors (Lipinski definition) is 1. The van der Waals surface area contributed by atoms with E-state index in [0.717, 1.165) is 6.42 Å². The third-order valence-electron chi connectivity index (χ3n) is 1.87. The number of aromatic nitrogens is 3. The molecule has 18 heavy (non-hydrogen) atoms. The van der Waals surface area contributed by atoms with Crippen LogP contribution in [0.4, 0.5) is 20.7 Å². The lowest BCUT2D eigenvalue weighted by Crippen LogP contribution is -2.17. The van der Waals surface area contributed by atoms with Crippen molar-refractivity contribution in [1.29, 1.82) is 0 Å². The maximum atomic E-state index is 12.1. The number of rotatable bonds is 7. The summed E-state index contributed by atoms with van der Waals surface area (Å²) in [6.07, 6.45) is -1.66. The first kappa shape index (κ1) is 14.3. The molecule has 1 N–H and O–H groups in total. The standard InChI is InChI=1S/C10H17F2N5O/c1-4-5-13-8-14-9(17(2)3)16-10(15-8)18-6-7(11)12/h7H,4-6H2,1-3H3,(H,13,14,15,16). The van der Waals surface area contributed by atoms with Crippen molar-refractivity contribution in [2.45, 2.75) is 19.8 Å². The lowest BCUT2D eigenvalue weighted by atomic mass is 10.5. The Morgan fingerprint density at radius 2 is 2.00 bits per heavy atom. The molecule has 0 bridgehead atoms. The van der Waals surface area contributed by atoms with E-state index in [1.54, 1.807) is 19.0 Å². The van der Waals surface area contributed by atoms with E-state index in [0.29, 0.717) is 18.4 Å². The van der Waals surface area contributed by atoms with Crippen molar-refractivity contribution in [3.63, 3.8) is 0 Å². The van der Waals surface area contributed by atoms with Crippen molar-refractivity contribution in [3.05, 3.63) is 0 Å². The van der Waals surface area contributed by atoms with Gasteiger partial charge < -0.3 is 15.0 Å². The van der Waals surface area contributed by atoms with E-state index in [4.69, 9.17) is 4.74 Å². The Bertz CT molecular complexity index is 375. The molecule has 8 heteroatoms. The zero-order valence-electron chi connectivity index (χ0n) is 10.7. The summed E-state index contributed by atoms with van der Waals surface area (Å²) in [4.78, 5) is 13.6. The monoisotopic (exact) mass is 261 g/mol. The van der Waals surface area contributed by atoms with E-state index in [-0.39, 0.29) is 6.01 Å². The van der Waals surface area contributed by atoms with Crippen molar-refractivity contribution in [1.82, 2.24) is 15.0 Å². The smallest absolute Gasteiger partial charge is 0.323 e. The number of alkyl halides is 2. The predicted octanol–water partition coefficient (Wildman–Crippen LogP) is 1.40. The molecule has 1 aromatic heterocycles. The molecule has 0 fully saturated rings. The van der Waals surface area contributed by atoms with Gasteiger partial charge in [0.05, 0.1) is 0 Å². The lowest BCUT2D eigenvalue weighted by Gasteiger charge is -2.13. The molecule has 102 valence electrons. The van der Waals surface area contributed by atoms with Gasteiger partial charge in [0.1, 0.15) is 0 Å². The SMILES string of the molecule is CCCNc1nc(OCC(F)F)nc(N(C)C)n1. The van der Waals surface area contributed by atoms with Crippen LogP contribution < -0.4 is 15.0 Å². The van der Waals surface area contributed by atoms with Gasteiger partial charge in [0.25, 0.3) is 6.43 Å². The Morgan fingerprint density at radius 3 is 2.56 bits per heavy atom. The molecular formula is C10H17F2N5O. The minimum Gasteiger partial charge on any atom is -0.457 e. The zero-order chi connectivity index (χ0) is 13.5. The zero-order valence-corrected chi connectivity index (χ0v) is 10.7. The van der Waals surface area contributed by atoms with E-state index in [2.05, 4.69) is 20.3 Å². The van der Waals surface area contributed by atoms with Crippen molar-refractivity contribution in [3.8, 4) is 6.01 Å². The summed E-state index contributed by atoms with van der Waals surface area (Å²) in [7, 11) is 3.49. The third-order valence-corrected chi connectivity index (χ3v) is 1.87. The van der Waals surface area contributed by atoms with Gasteiger partial charge in [-0.2, -0.15) is 15.0 Å². The molecule has 1 rings (SSSR count). The van der Waals surface area contributed by atoms with Crippen molar-refractivity contribution < 1.29 is 13.5 Å². The third kappa shape index (κ3) is 4.64. The van der Waals surface area contributed by atoms with Crippen LogP contribution in [-0.2, 0) is 0 Å². The Labute approximate surface area is 104 Å². The summed E-state index contributed by atoms with van der Waals surface area (Å²) in [5.41, 5.74) is 0. The Hall–Kier alpha value is -1.73. The normalized spacial score (nSPS) is 10.6. The summed E-state index contributed by atoms with van der Waals surface area (Å²) < 4.78 is 28.9. The fraction of sp³-hybridized carbons (Fsp3) is 0.700. The number of anilines is 2. The fourth-order valence-electron chi connectivity index (χ4n) is 1.06. The van der Waals surface area contributed by atoms with E-state index in [1.165, 1.54) is 0 Å². The molecule has 6 nitrogen and oxygen atoms in total. The van der Waals surface area contributed by atoms with Crippen molar-refractivity contribution in [2.24, 2.45) is 0 Å². The van der Waals surface area contributed by atoms with Gasteiger partial charge in [-0.05, 0) is 6.42 Å². The second kappa shape index (κ2) is 6.87. The molecule has 0 aliphatic heterocycles. The van der Waals surface area contributed by atoms with Gasteiger partial charge in [-0.25, -0.2) is 8.78 Å². The number of nitrogens with one attached hydrogen (secondary N) is 1. The first-order valence-corrected chi connectivity index (χ1v) is 5.61. The highest BCUT2D eigenvalue weighted by Gasteiger charge is 2.11. The Balaban J connectivity index is 2.83. The van der Waals surface area contributed by atoms with Crippen LogP contribution in [0.5, 0.6) is 6.01 Å². The fourth-order valence-corrected chi connectivity index (χ4v) is 1.06. The van der Waals surface area contributed by atoms with Gasteiger partial charge in [0, 0.05) is 20.6 Å². The van der Waals surface area contributed by atoms with Crippen LogP contribution in [0.1, 0.15) is 13.3 Å². The number of hydrogen-bond acceptors (Lipinski definition) is 6.